The van der Waals surface area contributed by atoms with Crippen molar-refractivity contribution >= 4 is 44.9 Å². The topological polar surface area (TPSA) is 9.86 Å². The molecule has 4 aromatic carbocycles. The Labute approximate surface area is 198 Å². The van der Waals surface area contributed by atoms with Gasteiger partial charge in [0.1, 0.15) is 0 Å². The minimum atomic E-state index is -0.0543. The number of para-hydroxylation sites is 3. The summed E-state index contributed by atoms with van der Waals surface area (Å²) in [4.78, 5) is 0. The van der Waals surface area contributed by atoms with Crippen molar-refractivity contribution in [3.8, 4) is 5.69 Å². The van der Waals surface area contributed by atoms with E-state index in [1.165, 1.54) is 54.5 Å². The fraction of sp³-hybridized carbons (Fsp3) is 0.125. The lowest BCUT2D eigenvalue weighted by atomic mass is 9.76. The Balaban J connectivity index is 1.48. The smallest absolute Gasteiger partial charge is 0.0541 e. The van der Waals surface area contributed by atoms with Gasteiger partial charge in [-0.3, -0.25) is 0 Å². The molecule has 0 radical (unpaired) electrons. The van der Waals surface area contributed by atoms with Crippen molar-refractivity contribution in [2.75, 3.05) is 0 Å². The third kappa shape index (κ3) is 2.63. The van der Waals surface area contributed by atoms with Crippen LogP contribution in [0.3, 0.4) is 0 Å². The van der Waals surface area contributed by atoms with Gasteiger partial charge >= 0.3 is 0 Å². The first kappa shape index (κ1) is 19.4. The summed E-state index contributed by atoms with van der Waals surface area (Å²) >= 11 is 0. The van der Waals surface area contributed by atoms with E-state index in [1.807, 2.05) is 0 Å². The number of aryl methyl sites for hydroxylation is 1. The molecule has 0 spiro atoms. The minimum absolute atomic E-state index is 0.0543. The van der Waals surface area contributed by atoms with Gasteiger partial charge in [-0.15, -0.1) is 0 Å². The molecule has 2 heterocycles. The van der Waals surface area contributed by atoms with Crippen LogP contribution in [0.25, 0.3) is 50.5 Å². The molecule has 164 valence electrons. The van der Waals surface area contributed by atoms with Gasteiger partial charge in [0.05, 0.1) is 11.0 Å². The molecule has 6 aromatic rings. The lowest BCUT2D eigenvalue weighted by Gasteiger charge is -2.27. The summed E-state index contributed by atoms with van der Waals surface area (Å²) in [5.41, 5.74) is 6.32. The highest BCUT2D eigenvalue weighted by Gasteiger charge is 2.27. The standard InChI is InChI=1S/C32H26N2/c1-32(19-18-29-27(21-32)25-13-6-8-14-28(25)33(29)2)22-16-17-31-26(20-22)24-12-7-9-15-30(24)34(31)23-10-4-3-5-11-23/h3-18,20-21H,19H2,1-2H3. The molecule has 34 heavy (non-hydrogen) atoms. The zero-order chi connectivity index (χ0) is 22.9. The highest BCUT2D eigenvalue weighted by molar-refractivity contribution is 6.09. The number of hydrogen-bond donors (Lipinski definition) is 0. The maximum Gasteiger partial charge on any atom is 0.0541 e. The van der Waals surface area contributed by atoms with E-state index in [-0.39, 0.29) is 5.41 Å². The molecular weight excluding hydrogens is 412 g/mol. The molecule has 1 atom stereocenters. The van der Waals surface area contributed by atoms with Crippen molar-refractivity contribution in [2.45, 2.75) is 18.8 Å². The van der Waals surface area contributed by atoms with E-state index in [9.17, 15) is 0 Å². The van der Waals surface area contributed by atoms with E-state index in [1.54, 1.807) is 0 Å². The van der Waals surface area contributed by atoms with Gasteiger partial charge in [-0.2, -0.15) is 0 Å². The van der Waals surface area contributed by atoms with Crippen molar-refractivity contribution in [3.63, 3.8) is 0 Å². The van der Waals surface area contributed by atoms with Crippen molar-refractivity contribution in [1.29, 1.82) is 0 Å². The van der Waals surface area contributed by atoms with Crippen molar-refractivity contribution in [1.82, 2.24) is 9.13 Å². The average Bonchev–Trinajstić information content (AvgIpc) is 3.36. The van der Waals surface area contributed by atoms with Crippen molar-refractivity contribution in [3.05, 3.63) is 113 Å². The zero-order valence-electron chi connectivity index (χ0n) is 19.5. The molecule has 0 N–H and O–H groups in total. The summed E-state index contributed by atoms with van der Waals surface area (Å²) in [6.45, 7) is 2.38. The highest BCUT2D eigenvalue weighted by atomic mass is 15.0. The normalized spacial score (nSPS) is 17.6. The number of fused-ring (bicyclic) bond motifs is 6. The summed E-state index contributed by atoms with van der Waals surface area (Å²) < 4.78 is 4.72. The number of hydrogen-bond acceptors (Lipinski definition) is 0. The van der Waals surface area contributed by atoms with Gasteiger partial charge < -0.3 is 9.13 Å². The Morgan fingerprint density at radius 1 is 0.676 bits per heavy atom. The van der Waals surface area contributed by atoms with E-state index in [0.717, 1.165) is 6.42 Å². The SMILES string of the molecule is Cn1c2c(c3ccccc31)=CC(C)(c1ccc3c(c1)c1ccccc1n3-c1ccccc1)CC=2. The van der Waals surface area contributed by atoms with Gasteiger partial charge in [-0.25, -0.2) is 0 Å². The fourth-order valence-corrected chi connectivity index (χ4v) is 5.91. The monoisotopic (exact) mass is 438 g/mol. The van der Waals surface area contributed by atoms with Gasteiger partial charge in [0, 0.05) is 50.4 Å². The molecular formula is C32H26N2. The average molecular weight is 439 g/mol. The molecule has 1 aliphatic rings. The van der Waals surface area contributed by atoms with E-state index in [4.69, 9.17) is 0 Å². The second-order valence-corrected chi connectivity index (χ2v) is 9.77. The Hall–Kier alpha value is -4.04. The fourth-order valence-electron chi connectivity index (χ4n) is 5.91. The molecule has 0 saturated carbocycles. The highest BCUT2D eigenvalue weighted by Crippen LogP contribution is 2.38. The Kier molecular flexibility index (Phi) is 3.99. The maximum absolute atomic E-state index is 2.50. The number of aromatic nitrogens is 2. The largest absolute Gasteiger partial charge is 0.344 e. The van der Waals surface area contributed by atoms with E-state index < -0.39 is 0 Å². The van der Waals surface area contributed by atoms with Crippen LogP contribution in [0.2, 0.25) is 0 Å². The van der Waals surface area contributed by atoms with Crippen molar-refractivity contribution in [2.24, 2.45) is 7.05 Å². The van der Waals surface area contributed by atoms with Crippen LogP contribution in [-0.4, -0.2) is 9.13 Å². The first-order valence-electron chi connectivity index (χ1n) is 12.0. The van der Waals surface area contributed by atoms with E-state index >= 15 is 0 Å². The summed E-state index contributed by atoms with van der Waals surface area (Å²) in [6.07, 6.45) is 5.92. The number of rotatable bonds is 2. The predicted molar refractivity (Wildman–Crippen MR) is 144 cm³/mol. The van der Waals surface area contributed by atoms with Crippen LogP contribution in [0.15, 0.2) is 97.1 Å². The molecule has 7 rings (SSSR count). The molecule has 0 amide bonds. The minimum Gasteiger partial charge on any atom is -0.344 e. The van der Waals surface area contributed by atoms with Crippen LogP contribution >= 0.6 is 0 Å². The summed E-state index contributed by atoms with van der Waals surface area (Å²) in [7, 11) is 2.18. The lowest BCUT2D eigenvalue weighted by Crippen LogP contribution is -2.36. The third-order valence-corrected chi connectivity index (χ3v) is 7.72. The molecule has 1 unspecified atom stereocenters. The Bertz CT molecular complexity index is 1850. The molecule has 2 aromatic heterocycles. The predicted octanol–water partition coefficient (Wildman–Crippen LogP) is 6.20. The van der Waals surface area contributed by atoms with Gasteiger partial charge in [-0.05, 0) is 48.4 Å². The maximum atomic E-state index is 2.50. The zero-order valence-corrected chi connectivity index (χ0v) is 19.5. The second kappa shape index (κ2) is 6.98. The van der Waals surface area contributed by atoms with Gasteiger partial charge in [0.2, 0.25) is 0 Å². The quantitative estimate of drug-likeness (QED) is 0.305. The van der Waals surface area contributed by atoms with Crippen LogP contribution in [0.5, 0.6) is 0 Å². The summed E-state index contributed by atoms with van der Waals surface area (Å²) in [5.74, 6) is 0. The van der Waals surface area contributed by atoms with Crippen LogP contribution in [0.1, 0.15) is 18.9 Å². The van der Waals surface area contributed by atoms with E-state index in [2.05, 4.69) is 132 Å². The van der Waals surface area contributed by atoms with Crippen molar-refractivity contribution < 1.29 is 0 Å². The number of nitrogens with zero attached hydrogens (tertiary/aromatic N) is 2. The third-order valence-electron chi connectivity index (χ3n) is 7.72. The molecule has 0 saturated heterocycles. The summed E-state index contributed by atoms with van der Waals surface area (Å²) in [5, 5.41) is 6.65. The van der Waals surface area contributed by atoms with Crippen LogP contribution in [-0.2, 0) is 12.5 Å². The van der Waals surface area contributed by atoms with Crippen LogP contribution in [0, 0.1) is 0 Å². The van der Waals surface area contributed by atoms with Gasteiger partial charge in [-0.1, -0.05) is 79.7 Å². The lowest BCUT2D eigenvalue weighted by molar-refractivity contribution is 0.651. The molecule has 2 heteroatoms. The van der Waals surface area contributed by atoms with Crippen LogP contribution < -0.4 is 10.6 Å². The van der Waals surface area contributed by atoms with Crippen LogP contribution in [0.4, 0.5) is 0 Å². The molecule has 2 nitrogen and oxygen atoms in total. The van der Waals surface area contributed by atoms with Gasteiger partial charge in [0.25, 0.3) is 0 Å². The Morgan fingerprint density at radius 3 is 2.18 bits per heavy atom. The Morgan fingerprint density at radius 2 is 1.35 bits per heavy atom. The molecule has 0 fully saturated rings. The first-order chi connectivity index (χ1) is 16.6. The van der Waals surface area contributed by atoms with Gasteiger partial charge in [0.15, 0.2) is 0 Å². The molecule has 0 bridgehead atoms. The molecule has 0 aliphatic heterocycles. The second-order valence-electron chi connectivity index (χ2n) is 9.77. The summed E-state index contributed by atoms with van der Waals surface area (Å²) in [6, 6.07) is 35.3. The first-order valence-corrected chi connectivity index (χ1v) is 12.0. The number of benzene rings is 4. The molecule has 1 aliphatic carbocycles. The van der Waals surface area contributed by atoms with E-state index in [0.29, 0.717) is 0 Å².